The van der Waals surface area contributed by atoms with E-state index in [1.54, 1.807) is 0 Å². The summed E-state index contributed by atoms with van der Waals surface area (Å²) in [6.45, 7) is 2.19. The highest BCUT2D eigenvalue weighted by atomic mass is 31.2. The predicted octanol–water partition coefficient (Wildman–Crippen LogP) is 10.2. The van der Waals surface area contributed by atoms with Gasteiger partial charge in [0.05, 0.1) is 19.8 Å². The van der Waals surface area contributed by atoms with Crippen LogP contribution in [0.25, 0.3) is 0 Å². The van der Waals surface area contributed by atoms with Crippen molar-refractivity contribution in [1.82, 2.24) is 6.15 Å². The number of esters is 2. The SMILES string of the molecule is CCCCCCC/C=C\CCCCCCCCC(=O)O[C@H](COC(=O)CCCCCCCCCCCCCCC)COP(=O)([O-])OCC(O)CO.[NH4+]. The maximum atomic E-state index is 12.6. The molecule has 3 atom stereocenters. The molecule has 0 fully saturated rings. The van der Waals surface area contributed by atoms with Crippen molar-refractivity contribution in [3.05, 3.63) is 12.2 Å². The first-order valence-corrected chi connectivity index (χ1v) is 22.1. The number of aliphatic hydroxyl groups is 2. The number of ether oxygens (including phenoxy) is 2. The highest BCUT2D eigenvalue weighted by molar-refractivity contribution is 7.45. The third-order valence-electron chi connectivity index (χ3n) is 8.91. The van der Waals surface area contributed by atoms with E-state index in [1.165, 1.54) is 103 Å². The van der Waals surface area contributed by atoms with Crippen molar-refractivity contribution in [2.75, 3.05) is 26.4 Å². The molecule has 6 N–H and O–H groups in total. The Morgan fingerprint density at radius 2 is 0.981 bits per heavy atom. The molecule has 0 aliphatic rings. The van der Waals surface area contributed by atoms with Crippen LogP contribution in [0.2, 0.25) is 0 Å². The number of phosphoric acid groups is 1. The molecule has 0 aromatic rings. The first-order valence-electron chi connectivity index (χ1n) is 20.6. The molecule has 0 saturated heterocycles. The van der Waals surface area contributed by atoms with Crippen LogP contribution in [0.4, 0.5) is 0 Å². The quantitative estimate of drug-likeness (QED) is 0.0235. The molecule has 0 aliphatic carbocycles. The minimum absolute atomic E-state index is 0. The molecule has 0 bridgehead atoms. The number of carbonyl (C=O) groups is 2. The Kier molecular flexibility index (Phi) is 40.0. The summed E-state index contributed by atoms with van der Waals surface area (Å²) in [7, 11) is -4.86. The lowest BCUT2D eigenvalue weighted by molar-refractivity contribution is -0.230. The number of unbranched alkanes of at least 4 members (excludes halogenated alkanes) is 23. The molecule has 0 rings (SSSR count). The van der Waals surface area contributed by atoms with Gasteiger partial charge < -0.3 is 39.8 Å². The van der Waals surface area contributed by atoms with Gasteiger partial charge in [0.15, 0.2) is 6.10 Å². The van der Waals surface area contributed by atoms with Crippen LogP contribution in [0, 0.1) is 0 Å². The van der Waals surface area contributed by atoms with Crippen LogP contribution in [0.15, 0.2) is 12.2 Å². The van der Waals surface area contributed by atoms with E-state index in [0.717, 1.165) is 51.4 Å². The van der Waals surface area contributed by atoms with Crippen LogP contribution in [-0.4, -0.2) is 60.8 Å². The Hall–Kier alpha value is -1.33. The average Bonchev–Trinajstić information content (AvgIpc) is 3.12. The molecule has 310 valence electrons. The van der Waals surface area contributed by atoms with Gasteiger partial charge in [-0.25, -0.2) is 0 Å². The van der Waals surface area contributed by atoms with Crippen LogP contribution in [0.5, 0.6) is 0 Å². The smallest absolute Gasteiger partial charge is 0.306 e. The monoisotopic (exact) mass is 766 g/mol. The number of rotatable bonds is 39. The van der Waals surface area contributed by atoms with E-state index in [1.807, 2.05) is 0 Å². The van der Waals surface area contributed by atoms with Crippen LogP contribution in [0.3, 0.4) is 0 Å². The van der Waals surface area contributed by atoms with Gasteiger partial charge in [-0.3, -0.25) is 14.2 Å². The Bertz CT molecular complexity index is 875. The molecule has 0 amide bonds. The maximum Gasteiger partial charge on any atom is 0.306 e. The second-order valence-electron chi connectivity index (χ2n) is 14.0. The molecule has 0 aliphatic heterocycles. The molecule has 0 heterocycles. The van der Waals surface area contributed by atoms with Gasteiger partial charge in [-0.2, -0.15) is 0 Å². The van der Waals surface area contributed by atoms with Gasteiger partial charge >= 0.3 is 11.9 Å². The number of carbonyl (C=O) groups excluding carboxylic acids is 2. The number of phosphoric ester groups is 1. The van der Waals surface area contributed by atoms with Crippen molar-refractivity contribution < 1.29 is 47.8 Å². The molecule has 0 aromatic heterocycles. The fourth-order valence-corrected chi connectivity index (χ4v) is 6.47. The van der Waals surface area contributed by atoms with Crippen LogP contribution in [0.1, 0.15) is 194 Å². The van der Waals surface area contributed by atoms with E-state index in [0.29, 0.717) is 12.8 Å². The molecule has 0 radical (unpaired) electrons. The molecular formula is C40H80NO10P. The minimum atomic E-state index is -4.86. The highest BCUT2D eigenvalue weighted by Crippen LogP contribution is 2.38. The standard InChI is InChI=1S/C40H77O10P.H3N/c1-3-5-7-9-11-13-15-17-18-20-22-24-26-28-30-32-40(44)50-38(36-49-51(45,46)48-34-37(42)33-41)35-47-39(43)31-29-27-25-23-21-19-16-14-12-10-8-6-4-2;/h15,17,37-38,41-42H,3-14,16,18-36H2,1-2H3,(H,45,46);1H3/b17-15-;/t37?,38-;/m1./s1. The first-order chi connectivity index (χ1) is 24.7. The summed E-state index contributed by atoms with van der Waals surface area (Å²) in [6.07, 6.45) is 32.9. The molecule has 0 spiro atoms. The fourth-order valence-electron chi connectivity index (χ4n) is 5.69. The summed E-state index contributed by atoms with van der Waals surface area (Å²) in [5, 5.41) is 18.2. The molecule has 0 saturated carbocycles. The number of hydrogen-bond donors (Lipinski definition) is 3. The zero-order chi connectivity index (χ0) is 37.7. The van der Waals surface area contributed by atoms with Gasteiger partial charge in [0.25, 0.3) is 7.82 Å². The highest BCUT2D eigenvalue weighted by Gasteiger charge is 2.21. The minimum Gasteiger partial charge on any atom is -0.756 e. The molecule has 12 heteroatoms. The Morgan fingerprint density at radius 1 is 0.596 bits per heavy atom. The zero-order valence-electron chi connectivity index (χ0n) is 33.5. The molecule has 0 aromatic carbocycles. The van der Waals surface area contributed by atoms with Crippen LogP contribution >= 0.6 is 7.82 Å². The zero-order valence-corrected chi connectivity index (χ0v) is 34.4. The largest absolute Gasteiger partial charge is 0.756 e. The fraction of sp³-hybridized carbons (Fsp3) is 0.900. The first kappa shape index (κ1) is 52.8. The van der Waals surface area contributed by atoms with E-state index in [4.69, 9.17) is 19.1 Å². The van der Waals surface area contributed by atoms with Crippen molar-refractivity contribution in [2.45, 2.75) is 206 Å². The third-order valence-corrected chi connectivity index (χ3v) is 9.84. The molecule has 2 unspecified atom stereocenters. The van der Waals surface area contributed by atoms with Gasteiger partial charge in [-0.1, -0.05) is 154 Å². The number of aliphatic hydroxyl groups excluding tert-OH is 2. The summed E-state index contributed by atoms with van der Waals surface area (Å²) in [5.41, 5.74) is 0. The number of quaternary nitrogens is 1. The Morgan fingerprint density at radius 3 is 1.42 bits per heavy atom. The van der Waals surface area contributed by atoms with Crippen molar-refractivity contribution >= 4 is 19.8 Å². The van der Waals surface area contributed by atoms with Crippen molar-refractivity contribution in [2.24, 2.45) is 0 Å². The Balaban J connectivity index is 0. The van der Waals surface area contributed by atoms with Crippen molar-refractivity contribution in [3.8, 4) is 0 Å². The van der Waals surface area contributed by atoms with E-state index >= 15 is 0 Å². The predicted molar refractivity (Wildman–Crippen MR) is 209 cm³/mol. The summed E-state index contributed by atoms with van der Waals surface area (Å²) in [5.74, 6) is -0.960. The van der Waals surface area contributed by atoms with Crippen LogP contribution < -0.4 is 11.0 Å². The Labute approximate surface area is 317 Å². The normalized spacial score (nSPS) is 13.8. The third kappa shape index (κ3) is 38.4. The lowest BCUT2D eigenvalue weighted by Crippen LogP contribution is -2.30. The summed E-state index contributed by atoms with van der Waals surface area (Å²) < 4.78 is 32.3. The lowest BCUT2D eigenvalue weighted by Gasteiger charge is -2.26. The summed E-state index contributed by atoms with van der Waals surface area (Å²) in [4.78, 5) is 37.0. The molecule has 52 heavy (non-hydrogen) atoms. The second kappa shape index (κ2) is 39.4. The lowest BCUT2D eigenvalue weighted by atomic mass is 10.0. The summed E-state index contributed by atoms with van der Waals surface area (Å²) >= 11 is 0. The van der Waals surface area contributed by atoms with E-state index in [9.17, 15) is 24.2 Å². The van der Waals surface area contributed by atoms with Crippen LogP contribution in [-0.2, 0) is 32.7 Å². The second-order valence-corrected chi connectivity index (χ2v) is 15.4. The van der Waals surface area contributed by atoms with Crippen molar-refractivity contribution in [1.29, 1.82) is 0 Å². The van der Waals surface area contributed by atoms with E-state index in [2.05, 4.69) is 30.5 Å². The molecular weight excluding hydrogens is 685 g/mol. The van der Waals surface area contributed by atoms with E-state index < -0.39 is 51.8 Å². The summed E-state index contributed by atoms with van der Waals surface area (Å²) in [6, 6.07) is 0. The average molecular weight is 766 g/mol. The van der Waals surface area contributed by atoms with Gasteiger partial charge in [0.2, 0.25) is 0 Å². The van der Waals surface area contributed by atoms with Gasteiger partial charge in [0.1, 0.15) is 12.7 Å². The van der Waals surface area contributed by atoms with Gasteiger partial charge in [-0.05, 0) is 38.5 Å². The number of allylic oxidation sites excluding steroid dienone is 2. The maximum absolute atomic E-state index is 12.6. The van der Waals surface area contributed by atoms with E-state index in [-0.39, 0.29) is 25.6 Å². The topological polar surface area (TPSA) is 188 Å². The van der Waals surface area contributed by atoms with Gasteiger partial charge in [-0.15, -0.1) is 0 Å². The number of hydrogen-bond acceptors (Lipinski definition) is 10. The van der Waals surface area contributed by atoms with Crippen molar-refractivity contribution in [3.63, 3.8) is 0 Å². The molecule has 11 nitrogen and oxygen atoms in total. The van der Waals surface area contributed by atoms with Gasteiger partial charge in [0, 0.05) is 12.8 Å².